The van der Waals surface area contributed by atoms with Crippen molar-refractivity contribution in [3.05, 3.63) is 82.9 Å². The third kappa shape index (κ3) is 5.75. The third-order valence-electron chi connectivity index (χ3n) is 6.72. The van der Waals surface area contributed by atoms with Crippen LogP contribution in [0.1, 0.15) is 21.5 Å². The molecule has 0 saturated carbocycles. The zero-order valence-corrected chi connectivity index (χ0v) is 21.0. The van der Waals surface area contributed by atoms with Crippen LogP contribution in [0.5, 0.6) is 0 Å². The lowest BCUT2D eigenvalue weighted by molar-refractivity contribution is 0.102. The van der Waals surface area contributed by atoms with E-state index in [1.807, 2.05) is 30.3 Å². The molecule has 3 aromatic carbocycles. The van der Waals surface area contributed by atoms with E-state index in [9.17, 15) is 18.0 Å². The van der Waals surface area contributed by atoms with Crippen LogP contribution >= 0.6 is 0 Å². The molecule has 1 fully saturated rings. The van der Waals surface area contributed by atoms with Crippen LogP contribution in [0.3, 0.4) is 0 Å². The highest BCUT2D eigenvalue weighted by atomic mass is 19.1. The maximum absolute atomic E-state index is 13.6. The fourth-order valence-electron chi connectivity index (χ4n) is 4.71. The number of likely N-dealkylation sites (N-methyl/N-ethyl adjacent to an activating group) is 1. The molecule has 2 heterocycles. The molecule has 0 bridgehead atoms. The monoisotopic (exact) mass is 522 g/mol. The molecule has 0 spiro atoms. The number of piperazine rings is 1. The van der Waals surface area contributed by atoms with Crippen molar-refractivity contribution in [3.8, 4) is 0 Å². The summed E-state index contributed by atoms with van der Waals surface area (Å²) in [6, 6.07) is 14.4. The summed E-state index contributed by atoms with van der Waals surface area (Å²) in [7, 11) is 2.09. The zero-order chi connectivity index (χ0) is 26.6. The molecule has 4 aromatic rings. The Balaban J connectivity index is 1.38. The van der Waals surface area contributed by atoms with Crippen molar-refractivity contribution in [2.24, 2.45) is 0 Å². The number of aromatic nitrogens is 2. The van der Waals surface area contributed by atoms with Gasteiger partial charge in [-0.1, -0.05) is 6.07 Å². The summed E-state index contributed by atoms with van der Waals surface area (Å²) in [5.74, 6) is -1.32. The number of nitrogens with zero attached hydrogens (tertiary/aromatic N) is 3. The first kappa shape index (κ1) is 25.6. The molecule has 1 aliphatic heterocycles. The summed E-state index contributed by atoms with van der Waals surface area (Å²) in [6.07, 6.45) is 0.314. The van der Waals surface area contributed by atoms with Crippen LogP contribution in [0, 0.1) is 11.6 Å². The lowest BCUT2D eigenvalue weighted by Crippen LogP contribution is -2.44. The van der Waals surface area contributed by atoms with Crippen LogP contribution in [-0.4, -0.2) is 67.5 Å². The molecule has 10 heteroatoms. The Labute approximate surface area is 218 Å². The number of amides is 1. The van der Waals surface area contributed by atoms with Gasteiger partial charge in [0.15, 0.2) is 5.82 Å². The first-order valence-electron chi connectivity index (χ1n) is 12.5. The molecular weight excluding hydrogens is 493 g/mol. The third-order valence-corrected chi connectivity index (χ3v) is 6.72. The highest BCUT2D eigenvalue weighted by Gasteiger charge is 2.19. The Hall–Kier alpha value is -4.05. The van der Waals surface area contributed by atoms with Gasteiger partial charge in [0.25, 0.3) is 5.91 Å². The van der Waals surface area contributed by atoms with Crippen LogP contribution < -0.4 is 15.5 Å². The Morgan fingerprint density at radius 1 is 0.974 bits per heavy atom. The number of alkyl halides is 1. The van der Waals surface area contributed by atoms with Crippen molar-refractivity contribution in [1.29, 1.82) is 0 Å². The minimum absolute atomic E-state index is 0.0852. The van der Waals surface area contributed by atoms with Crippen LogP contribution in [0.25, 0.3) is 10.9 Å². The van der Waals surface area contributed by atoms with Crippen LogP contribution in [0.2, 0.25) is 0 Å². The van der Waals surface area contributed by atoms with E-state index in [0.29, 0.717) is 40.0 Å². The van der Waals surface area contributed by atoms with Crippen molar-refractivity contribution in [3.63, 3.8) is 0 Å². The van der Waals surface area contributed by atoms with Crippen molar-refractivity contribution in [2.75, 3.05) is 62.0 Å². The highest BCUT2D eigenvalue weighted by Crippen LogP contribution is 2.28. The second-order valence-corrected chi connectivity index (χ2v) is 9.50. The lowest BCUT2D eigenvalue weighted by Gasteiger charge is -2.34. The quantitative estimate of drug-likeness (QED) is 0.310. The van der Waals surface area contributed by atoms with Gasteiger partial charge in [-0.05, 0) is 67.1 Å². The zero-order valence-electron chi connectivity index (χ0n) is 21.0. The Morgan fingerprint density at radius 3 is 2.47 bits per heavy atom. The Bertz CT molecular complexity index is 1430. The number of aromatic amines is 1. The molecule has 1 saturated heterocycles. The van der Waals surface area contributed by atoms with Crippen molar-refractivity contribution < 1.29 is 18.0 Å². The van der Waals surface area contributed by atoms with Gasteiger partial charge in [-0.2, -0.15) is 5.10 Å². The average molecular weight is 523 g/mol. The first-order chi connectivity index (χ1) is 18.4. The highest BCUT2D eigenvalue weighted by molar-refractivity contribution is 6.11. The summed E-state index contributed by atoms with van der Waals surface area (Å²) in [6.45, 7) is 3.14. The van der Waals surface area contributed by atoms with E-state index in [1.165, 1.54) is 12.1 Å². The molecule has 0 atom stereocenters. The van der Waals surface area contributed by atoms with E-state index in [1.54, 1.807) is 6.07 Å². The van der Waals surface area contributed by atoms with Crippen LogP contribution in [-0.2, 0) is 6.42 Å². The number of benzene rings is 3. The Kier molecular flexibility index (Phi) is 7.50. The fourth-order valence-corrected chi connectivity index (χ4v) is 4.71. The summed E-state index contributed by atoms with van der Waals surface area (Å²) in [5, 5.41) is 13.7. The van der Waals surface area contributed by atoms with E-state index in [-0.39, 0.29) is 12.5 Å². The number of H-pyrrole nitrogens is 1. The average Bonchev–Trinajstić information content (AvgIpc) is 3.29. The molecular formula is C28H29F3N6O. The fraction of sp³-hybridized carbons (Fsp3) is 0.286. The van der Waals surface area contributed by atoms with Crippen molar-refractivity contribution in [2.45, 2.75) is 6.42 Å². The number of carbonyl (C=O) groups excluding carboxylic acids is 1. The van der Waals surface area contributed by atoms with Crippen molar-refractivity contribution in [1.82, 2.24) is 15.1 Å². The van der Waals surface area contributed by atoms with Crippen molar-refractivity contribution >= 4 is 34.0 Å². The molecule has 0 radical (unpaired) electrons. The first-order valence-corrected chi connectivity index (χ1v) is 12.5. The van der Waals surface area contributed by atoms with Gasteiger partial charge in [0, 0.05) is 55.6 Å². The van der Waals surface area contributed by atoms with E-state index in [2.05, 4.69) is 37.7 Å². The largest absolute Gasteiger partial charge is 0.382 e. The topological polar surface area (TPSA) is 76.3 Å². The number of carbonyl (C=O) groups is 1. The van der Waals surface area contributed by atoms with Gasteiger partial charge in [0.05, 0.1) is 11.1 Å². The van der Waals surface area contributed by atoms with E-state index in [4.69, 9.17) is 0 Å². The summed E-state index contributed by atoms with van der Waals surface area (Å²) < 4.78 is 40.2. The maximum atomic E-state index is 13.6. The van der Waals surface area contributed by atoms with Crippen LogP contribution in [0.15, 0.2) is 54.6 Å². The molecule has 3 N–H and O–H groups in total. The molecule has 1 aromatic heterocycles. The predicted octanol–water partition coefficient (Wildman–Crippen LogP) is 4.82. The lowest BCUT2D eigenvalue weighted by atomic mass is 10.0. The molecule has 0 aliphatic carbocycles. The molecule has 0 unspecified atom stereocenters. The second-order valence-electron chi connectivity index (χ2n) is 9.50. The maximum Gasteiger partial charge on any atom is 0.258 e. The smallest absolute Gasteiger partial charge is 0.258 e. The number of fused-ring (bicyclic) bond motifs is 1. The summed E-state index contributed by atoms with van der Waals surface area (Å²) in [4.78, 5) is 17.8. The Morgan fingerprint density at radius 2 is 1.74 bits per heavy atom. The van der Waals surface area contributed by atoms with Gasteiger partial charge in [-0.3, -0.25) is 9.89 Å². The number of hydrogen-bond acceptors (Lipinski definition) is 5. The minimum Gasteiger partial charge on any atom is -0.382 e. The second kappa shape index (κ2) is 11.1. The SMILES string of the molecule is CN1CCN(c2ccc(C(=O)Nc3n[nH]c4ccc(Cc5cc(F)cc(F)c5)cc34)c(NCCF)c2)CC1. The van der Waals surface area contributed by atoms with Gasteiger partial charge < -0.3 is 20.4 Å². The number of halogens is 3. The van der Waals surface area contributed by atoms with E-state index >= 15 is 0 Å². The summed E-state index contributed by atoms with van der Waals surface area (Å²) in [5.41, 5.74) is 3.90. The van der Waals surface area contributed by atoms with Gasteiger partial charge in [0.1, 0.15) is 18.3 Å². The molecule has 7 nitrogen and oxygen atoms in total. The number of anilines is 3. The van der Waals surface area contributed by atoms with Gasteiger partial charge in [-0.25, -0.2) is 13.2 Å². The standard InChI is InChI=1S/C28H29F3N6O/c1-36-8-10-37(11-9-36)22-3-4-23(26(17-22)32-7-6-29)28(38)33-27-24-15-18(2-5-25(24)34-35-27)12-19-13-20(30)16-21(31)14-19/h2-5,13-17,32H,6-12H2,1H3,(H2,33,34,35,38). The predicted molar refractivity (Wildman–Crippen MR) is 144 cm³/mol. The van der Waals surface area contributed by atoms with E-state index in [0.717, 1.165) is 43.5 Å². The minimum atomic E-state index is -0.631. The molecule has 38 heavy (non-hydrogen) atoms. The molecule has 198 valence electrons. The normalized spacial score (nSPS) is 14.2. The van der Waals surface area contributed by atoms with Gasteiger partial charge >= 0.3 is 0 Å². The molecule has 1 aliphatic rings. The molecule has 5 rings (SSSR count). The number of hydrogen-bond donors (Lipinski definition) is 3. The van der Waals surface area contributed by atoms with Gasteiger partial charge in [0.2, 0.25) is 0 Å². The van der Waals surface area contributed by atoms with Crippen LogP contribution in [0.4, 0.5) is 30.4 Å². The van der Waals surface area contributed by atoms with Gasteiger partial charge in [-0.15, -0.1) is 0 Å². The number of nitrogens with one attached hydrogen (secondary N) is 3. The molecule has 1 amide bonds. The summed E-state index contributed by atoms with van der Waals surface area (Å²) >= 11 is 0. The number of rotatable bonds is 8. The van der Waals surface area contributed by atoms with E-state index < -0.39 is 18.3 Å².